The van der Waals surface area contributed by atoms with Gasteiger partial charge in [-0.15, -0.1) is 22.7 Å². The molecule has 6 heteroatoms. The number of para-hydroxylation sites is 1. The molecule has 0 bridgehead atoms. The van der Waals surface area contributed by atoms with E-state index in [4.69, 9.17) is 9.97 Å². The summed E-state index contributed by atoms with van der Waals surface area (Å²) in [6.45, 7) is 0. The summed E-state index contributed by atoms with van der Waals surface area (Å²) in [4.78, 5) is 12.1. The van der Waals surface area contributed by atoms with Crippen molar-refractivity contribution in [2.75, 3.05) is 0 Å². The fraction of sp³-hybridized carbons (Fsp3) is 0. The lowest BCUT2D eigenvalue weighted by atomic mass is 9.98. The Kier molecular flexibility index (Phi) is 5.01. The van der Waals surface area contributed by atoms with Crippen LogP contribution in [0.25, 0.3) is 128 Å². The number of hydrogen-bond acceptors (Lipinski definition) is 4. The third-order valence-electron chi connectivity index (χ3n) is 11.9. The van der Waals surface area contributed by atoms with Gasteiger partial charge in [-0.1, -0.05) is 97.1 Å². The van der Waals surface area contributed by atoms with Gasteiger partial charge in [-0.2, -0.15) is 0 Å². The third-order valence-corrected chi connectivity index (χ3v) is 14.0. The second-order valence-corrected chi connectivity index (χ2v) is 16.6. The predicted octanol–water partition coefficient (Wildman–Crippen LogP) is 13.7. The molecule has 0 radical (unpaired) electrons. The van der Waals surface area contributed by atoms with Gasteiger partial charge in [-0.3, -0.25) is 4.57 Å². The average molecular weight is 721 g/mol. The minimum absolute atomic E-state index is 0.696. The predicted molar refractivity (Wildman–Crippen MR) is 231 cm³/mol. The topological polar surface area (TPSA) is 35.1 Å². The third kappa shape index (κ3) is 3.31. The molecule has 54 heavy (non-hydrogen) atoms. The lowest BCUT2D eigenvalue weighted by Gasteiger charge is -2.12. The maximum atomic E-state index is 5.61. The first-order chi connectivity index (χ1) is 26.8. The SMILES string of the molecule is c1ccc2c(c1)ccc1cc(-c3nc(-n4c5ccc6sc7ccc8c9ccccc9n9c%10cccc4c%10c5c6c7c89)nc4sc5ccccc5c34)ccc12. The molecule has 14 rings (SSSR count). The molecule has 0 atom stereocenters. The van der Waals surface area contributed by atoms with Gasteiger partial charge in [0.1, 0.15) is 4.83 Å². The molecule has 6 heterocycles. The van der Waals surface area contributed by atoms with Crippen molar-refractivity contribution >= 4 is 134 Å². The molecule has 0 fully saturated rings. The Hall–Kier alpha value is -6.60. The van der Waals surface area contributed by atoms with Gasteiger partial charge in [0.05, 0.1) is 33.3 Å². The van der Waals surface area contributed by atoms with Crippen LogP contribution in [0.5, 0.6) is 0 Å². The van der Waals surface area contributed by atoms with E-state index in [1.807, 2.05) is 11.3 Å². The summed E-state index contributed by atoms with van der Waals surface area (Å²) in [6.07, 6.45) is 0. The Morgan fingerprint density at radius 1 is 0.407 bits per heavy atom. The van der Waals surface area contributed by atoms with Gasteiger partial charge in [-0.25, -0.2) is 9.97 Å². The Balaban J connectivity index is 1.15. The first-order valence-electron chi connectivity index (χ1n) is 18.2. The highest BCUT2D eigenvalue weighted by Gasteiger charge is 2.27. The van der Waals surface area contributed by atoms with Crippen molar-refractivity contribution in [2.45, 2.75) is 0 Å². The maximum absolute atomic E-state index is 5.61. The first-order valence-corrected chi connectivity index (χ1v) is 19.9. The van der Waals surface area contributed by atoms with Gasteiger partial charge in [0.2, 0.25) is 5.95 Å². The van der Waals surface area contributed by atoms with E-state index in [1.165, 1.54) is 89.9 Å². The number of hydrogen-bond donors (Lipinski definition) is 0. The van der Waals surface area contributed by atoms with Gasteiger partial charge in [0.15, 0.2) is 0 Å². The number of benzene rings is 8. The minimum atomic E-state index is 0.696. The molecule has 0 aliphatic carbocycles. The zero-order valence-corrected chi connectivity index (χ0v) is 30.1. The number of aromatic nitrogens is 4. The first kappa shape index (κ1) is 28.0. The van der Waals surface area contributed by atoms with E-state index >= 15 is 0 Å². The largest absolute Gasteiger partial charge is 0.308 e. The molecule has 0 aliphatic rings. The lowest BCUT2D eigenvalue weighted by Crippen LogP contribution is -2.02. The van der Waals surface area contributed by atoms with E-state index < -0.39 is 0 Å². The Morgan fingerprint density at radius 2 is 1.13 bits per heavy atom. The van der Waals surface area contributed by atoms with Gasteiger partial charge < -0.3 is 4.40 Å². The molecule has 4 nitrogen and oxygen atoms in total. The second-order valence-electron chi connectivity index (χ2n) is 14.5. The highest BCUT2D eigenvalue weighted by atomic mass is 32.1. The summed E-state index contributed by atoms with van der Waals surface area (Å²) < 4.78 is 8.69. The van der Waals surface area contributed by atoms with E-state index in [0.29, 0.717) is 5.95 Å². The number of rotatable bonds is 2. The fourth-order valence-electron chi connectivity index (χ4n) is 9.66. The van der Waals surface area contributed by atoms with Crippen molar-refractivity contribution < 1.29 is 0 Å². The standard InChI is InChI=1S/C48H24N4S2/c1-2-9-28-25(8-1)16-17-26-24-27(18-19-29(26)28)45-40-32-11-4-6-15-37(32)54-47(40)50-48(49-45)52-35-14-7-13-34-41(35)42-36(52)21-23-38-43(42)44-39(53-38)22-20-31-30-10-3-5-12-33(30)51(34)46(31)44/h1-24H. The average Bonchev–Trinajstić information content (AvgIpc) is 3.95. The monoisotopic (exact) mass is 720 g/mol. The van der Waals surface area contributed by atoms with E-state index in [1.54, 1.807) is 11.3 Å². The summed E-state index contributed by atoms with van der Waals surface area (Å²) in [5.74, 6) is 0.696. The van der Waals surface area contributed by atoms with Crippen LogP contribution in [0.15, 0.2) is 146 Å². The van der Waals surface area contributed by atoms with Crippen molar-refractivity contribution in [1.82, 2.24) is 18.9 Å². The zero-order chi connectivity index (χ0) is 34.8. The van der Waals surface area contributed by atoms with E-state index in [-0.39, 0.29) is 0 Å². The summed E-state index contributed by atoms with van der Waals surface area (Å²) in [6, 6.07) is 53.5. The van der Waals surface area contributed by atoms with Crippen LogP contribution in [-0.2, 0) is 0 Å². The molecule has 0 spiro atoms. The summed E-state index contributed by atoms with van der Waals surface area (Å²) in [5, 5.41) is 15.1. The molecule has 248 valence electrons. The molecule has 0 amide bonds. The maximum Gasteiger partial charge on any atom is 0.236 e. The van der Waals surface area contributed by atoms with Crippen LogP contribution < -0.4 is 0 Å². The van der Waals surface area contributed by atoms with Gasteiger partial charge in [0.25, 0.3) is 0 Å². The Labute approximate surface area is 314 Å². The lowest BCUT2D eigenvalue weighted by molar-refractivity contribution is 1.02. The molecule has 0 saturated heterocycles. The number of nitrogens with zero attached hydrogens (tertiary/aromatic N) is 4. The van der Waals surface area contributed by atoms with Crippen LogP contribution in [0, 0.1) is 0 Å². The summed E-state index contributed by atoms with van der Waals surface area (Å²) in [5.41, 5.74) is 8.04. The van der Waals surface area contributed by atoms with Gasteiger partial charge in [-0.05, 0) is 70.1 Å². The van der Waals surface area contributed by atoms with Crippen molar-refractivity contribution in [3.8, 4) is 17.2 Å². The van der Waals surface area contributed by atoms with Crippen LogP contribution in [0.2, 0.25) is 0 Å². The summed E-state index contributed by atoms with van der Waals surface area (Å²) >= 11 is 3.64. The Bertz CT molecular complexity index is 3910. The molecule has 14 aromatic rings. The Morgan fingerprint density at radius 3 is 2.09 bits per heavy atom. The van der Waals surface area contributed by atoms with E-state index in [0.717, 1.165) is 32.5 Å². The van der Waals surface area contributed by atoms with E-state index in [2.05, 4.69) is 155 Å². The summed E-state index contributed by atoms with van der Waals surface area (Å²) in [7, 11) is 0. The van der Waals surface area contributed by atoms with Crippen LogP contribution in [0.4, 0.5) is 0 Å². The van der Waals surface area contributed by atoms with E-state index in [9.17, 15) is 0 Å². The molecule has 0 unspecified atom stereocenters. The van der Waals surface area contributed by atoms with Gasteiger partial charge >= 0.3 is 0 Å². The van der Waals surface area contributed by atoms with Crippen molar-refractivity contribution in [2.24, 2.45) is 0 Å². The van der Waals surface area contributed by atoms with Crippen LogP contribution in [0.3, 0.4) is 0 Å². The van der Waals surface area contributed by atoms with Crippen LogP contribution >= 0.6 is 22.7 Å². The molecule has 6 aromatic heterocycles. The van der Waals surface area contributed by atoms with Crippen molar-refractivity contribution in [3.63, 3.8) is 0 Å². The smallest absolute Gasteiger partial charge is 0.236 e. The van der Waals surface area contributed by atoms with Gasteiger partial charge in [0, 0.05) is 62.8 Å². The van der Waals surface area contributed by atoms with Crippen LogP contribution in [0.1, 0.15) is 0 Å². The molecule has 0 N–H and O–H groups in total. The molecule has 0 aliphatic heterocycles. The van der Waals surface area contributed by atoms with Crippen LogP contribution in [-0.4, -0.2) is 18.9 Å². The fourth-order valence-corrected chi connectivity index (χ4v) is 11.9. The highest BCUT2D eigenvalue weighted by molar-refractivity contribution is 7.26. The quantitative estimate of drug-likeness (QED) is 0.167. The molecule has 0 saturated carbocycles. The normalized spacial score (nSPS) is 12.8. The molecular formula is C48H24N4S2. The number of fused-ring (bicyclic) bond motifs is 10. The van der Waals surface area contributed by atoms with Crippen molar-refractivity contribution in [1.29, 1.82) is 0 Å². The highest BCUT2D eigenvalue weighted by Crippen LogP contribution is 2.50. The van der Waals surface area contributed by atoms with Crippen molar-refractivity contribution in [3.05, 3.63) is 146 Å². The number of thiophene rings is 2. The second kappa shape index (κ2) is 9.68. The molecule has 8 aromatic carbocycles. The molecular weight excluding hydrogens is 697 g/mol. The minimum Gasteiger partial charge on any atom is -0.308 e. The zero-order valence-electron chi connectivity index (χ0n) is 28.5.